The Morgan fingerprint density at radius 1 is 1.16 bits per heavy atom. The van der Waals surface area contributed by atoms with Gasteiger partial charge in [-0.25, -0.2) is 18.3 Å². The first-order chi connectivity index (χ1) is 15.0. The number of carbonyl (C=O) groups is 1. The summed E-state index contributed by atoms with van der Waals surface area (Å²) in [5.74, 6) is 0.178. The summed E-state index contributed by atoms with van der Waals surface area (Å²) in [6, 6.07) is 16.0. The number of benzene rings is 2. The highest BCUT2D eigenvalue weighted by atomic mass is 19.3. The molecule has 0 bridgehead atoms. The quantitative estimate of drug-likeness (QED) is 0.494. The summed E-state index contributed by atoms with van der Waals surface area (Å²) in [4.78, 5) is 17.3. The minimum Gasteiger partial charge on any atom is -0.496 e. The summed E-state index contributed by atoms with van der Waals surface area (Å²) >= 11 is 0. The zero-order valence-corrected chi connectivity index (χ0v) is 17.0. The van der Waals surface area contributed by atoms with E-state index in [9.17, 15) is 13.6 Å². The minimum absolute atomic E-state index is 0.0749. The van der Waals surface area contributed by atoms with Crippen molar-refractivity contribution in [1.29, 1.82) is 0 Å². The number of amides is 1. The zero-order chi connectivity index (χ0) is 22.0. The van der Waals surface area contributed by atoms with Gasteiger partial charge in [0.15, 0.2) is 5.65 Å². The number of nitrogens with zero attached hydrogens (tertiary/aromatic N) is 3. The van der Waals surface area contributed by atoms with Gasteiger partial charge in [-0.15, -0.1) is 0 Å². The van der Waals surface area contributed by atoms with Gasteiger partial charge in [-0.05, 0) is 19.1 Å². The van der Waals surface area contributed by atoms with Crippen LogP contribution in [0, 0.1) is 6.92 Å². The van der Waals surface area contributed by atoms with E-state index >= 15 is 0 Å². The first kappa shape index (κ1) is 20.5. The standard InChI is InChI=1S/C23H20F2N4O2/c1-14-7-9-15(10-8-14)18-11-19(21(24)25)29-22(28-18)17(13-27-29)23(30)26-12-16-5-3-4-6-20(16)31-2/h3-11,13,21H,12H2,1-2H3,(H,26,30). The second-order valence-corrected chi connectivity index (χ2v) is 7.02. The van der Waals surface area contributed by atoms with Crippen molar-refractivity contribution in [2.24, 2.45) is 0 Å². The molecule has 0 aliphatic rings. The van der Waals surface area contributed by atoms with Crippen LogP contribution in [0.3, 0.4) is 0 Å². The van der Waals surface area contributed by atoms with Crippen molar-refractivity contribution in [2.45, 2.75) is 19.9 Å². The molecule has 0 aliphatic heterocycles. The van der Waals surface area contributed by atoms with E-state index in [0.29, 0.717) is 17.0 Å². The SMILES string of the molecule is COc1ccccc1CNC(=O)c1cnn2c(C(F)F)cc(-c3ccc(C)cc3)nc12. The van der Waals surface area contributed by atoms with Crippen molar-refractivity contribution in [3.05, 3.63) is 83.2 Å². The Hall–Kier alpha value is -3.81. The van der Waals surface area contributed by atoms with Gasteiger partial charge >= 0.3 is 0 Å². The van der Waals surface area contributed by atoms with E-state index in [1.807, 2.05) is 37.3 Å². The van der Waals surface area contributed by atoms with Gasteiger partial charge < -0.3 is 10.1 Å². The first-order valence-electron chi connectivity index (χ1n) is 9.62. The molecule has 4 aromatic rings. The fraction of sp³-hybridized carbons (Fsp3) is 0.174. The van der Waals surface area contributed by atoms with Gasteiger partial charge in [0.25, 0.3) is 12.3 Å². The number of fused-ring (bicyclic) bond motifs is 1. The van der Waals surface area contributed by atoms with Crippen LogP contribution in [-0.4, -0.2) is 27.6 Å². The number of aryl methyl sites for hydroxylation is 1. The molecule has 2 heterocycles. The second-order valence-electron chi connectivity index (χ2n) is 7.02. The molecule has 158 valence electrons. The highest BCUT2D eigenvalue weighted by molar-refractivity contribution is 5.99. The third-order valence-electron chi connectivity index (χ3n) is 4.95. The van der Waals surface area contributed by atoms with E-state index in [2.05, 4.69) is 15.4 Å². The van der Waals surface area contributed by atoms with Crippen molar-refractivity contribution in [1.82, 2.24) is 19.9 Å². The molecular formula is C23H20F2N4O2. The number of nitrogens with one attached hydrogen (secondary N) is 1. The van der Waals surface area contributed by atoms with Gasteiger partial charge in [-0.1, -0.05) is 48.0 Å². The van der Waals surface area contributed by atoms with Crippen LogP contribution in [0.1, 0.15) is 33.6 Å². The van der Waals surface area contributed by atoms with E-state index < -0.39 is 12.3 Å². The molecule has 0 unspecified atom stereocenters. The number of hydrogen-bond acceptors (Lipinski definition) is 4. The van der Waals surface area contributed by atoms with Crippen molar-refractivity contribution >= 4 is 11.6 Å². The van der Waals surface area contributed by atoms with Crippen molar-refractivity contribution in [3.63, 3.8) is 0 Å². The molecule has 0 atom stereocenters. The van der Waals surface area contributed by atoms with Crippen molar-refractivity contribution in [2.75, 3.05) is 7.11 Å². The predicted octanol–water partition coefficient (Wildman–Crippen LogP) is 4.58. The number of ether oxygens (including phenoxy) is 1. The monoisotopic (exact) mass is 422 g/mol. The number of para-hydroxylation sites is 1. The summed E-state index contributed by atoms with van der Waals surface area (Å²) in [6.45, 7) is 2.14. The van der Waals surface area contributed by atoms with Crippen LogP contribution in [0.4, 0.5) is 8.78 Å². The van der Waals surface area contributed by atoms with Crippen LogP contribution in [0.15, 0.2) is 60.8 Å². The number of methoxy groups -OCH3 is 1. The molecule has 1 amide bonds. The van der Waals surface area contributed by atoms with E-state index in [4.69, 9.17) is 4.74 Å². The van der Waals surface area contributed by atoms with Crippen molar-refractivity contribution < 1.29 is 18.3 Å². The van der Waals surface area contributed by atoms with Crippen molar-refractivity contribution in [3.8, 4) is 17.0 Å². The molecule has 2 aromatic carbocycles. The van der Waals surface area contributed by atoms with E-state index in [1.54, 1.807) is 25.3 Å². The highest BCUT2D eigenvalue weighted by Gasteiger charge is 2.21. The Balaban J connectivity index is 1.71. The number of halogens is 2. The maximum atomic E-state index is 13.7. The van der Waals surface area contributed by atoms with E-state index in [-0.39, 0.29) is 23.4 Å². The summed E-state index contributed by atoms with van der Waals surface area (Å²) in [6.07, 6.45) is -1.52. The molecule has 0 radical (unpaired) electrons. The summed E-state index contributed by atoms with van der Waals surface area (Å²) in [7, 11) is 1.55. The maximum Gasteiger partial charge on any atom is 0.280 e. The molecule has 2 aromatic heterocycles. The molecular weight excluding hydrogens is 402 g/mol. The fourth-order valence-corrected chi connectivity index (χ4v) is 3.29. The number of alkyl halides is 2. The first-order valence-corrected chi connectivity index (χ1v) is 9.62. The van der Waals surface area contributed by atoms with Crippen LogP contribution in [0.25, 0.3) is 16.9 Å². The van der Waals surface area contributed by atoms with Crippen LogP contribution in [-0.2, 0) is 6.54 Å². The molecule has 0 spiro atoms. The number of carbonyl (C=O) groups excluding carboxylic acids is 1. The largest absolute Gasteiger partial charge is 0.496 e. The lowest BCUT2D eigenvalue weighted by Crippen LogP contribution is -2.23. The van der Waals surface area contributed by atoms with Crippen LogP contribution >= 0.6 is 0 Å². The minimum atomic E-state index is -2.78. The molecule has 6 nitrogen and oxygen atoms in total. The molecule has 0 saturated carbocycles. The molecule has 1 N–H and O–H groups in total. The van der Waals surface area contributed by atoms with Gasteiger partial charge in [0.05, 0.1) is 19.0 Å². The van der Waals surface area contributed by atoms with Gasteiger partial charge in [0, 0.05) is 17.7 Å². The third-order valence-corrected chi connectivity index (χ3v) is 4.95. The maximum absolute atomic E-state index is 13.7. The molecule has 0 saturated heterocycles. The third kappa shape index (κ3) is 4.09. The average Bonchev–Trinajstić information content (AvgIpc) is 3.21. The van der Waals surface area contributed by atoms with Gasteiger partial charge in [0.1, 0.15) is 17.0 Å². The Morgan fingerprint density at radius 2 is 1.90 bits per heavy atom. The Morgan fingerprint density at radius 3 is 2.61 bits per heavy atom. The zero-order valence-electron chi connectivity index (χ0n) is 17.0. The Kier molecular flexibility index (Phi) is 5.62. The van der Waals surface area contributed by atoms with E-state index in [0.717, 1.165) is 15.6 Å². The summed E-state index contributed by atoms with van der Waals surface area (Å²) < 4.78 is 33.7. The average molecular weight is 422 g/mol. The Labute approximate surface area is 177 Å². The number of hydrogen-bond donors (Lipinski definition) is 1. The lowest BCUT2D eigenvalue weighted by molar-refractivity contribution is 0.0952. The normalized spacial score (nSPS) is 11.1. The fourth-order valence-electron chi connectivity index (χ4n) is 3.29. The molecule has 8 heteroatoms. The lowest BCUT2D eigenvalue weighted by atomic mass is 10.1. The molecule has 0 aliphatic carbocycles. The smallest absolute Gasteiger partial charge is 0.280 e. The second kappa shape index (κ2) is 8.51. The summed E-state index contributed by atoms with van der Waals surface area (Å²) in [5, 5.41) is 6.77. The highest BCUT2D eigenvalue weighted by Crippen LogP contribution is 2.27. The van der Waals surface area contributed by atoms with Crippen LogP contribution in [0.5, 0.6) is 5.75 Å². The van der Waals surface area contributed by atoms with Gasteiger partial charge in [-0.3, -0.25) is 4.79 Å². The van der Waals surface area contributed by atoms with Crippen LogP contribution in [0.2, 0.25) is 0 Å². The number of rotatable bonds is 6. The van der Waals surface area contributed by atoms with Crippen LogP contribution < -0.4 is 10.1 Å². The summed E-state index contributed by atoms with van der Waals surface area (Å²) in [5.41, 5.74) is 2.72. The molecule has 4 rings (SSSR count). The molecule has 31 heavy (non-hydrogen) atoms. The molecule has 0 fully saturated rings. The number of aromatic nitrogens is 3. The van der Waals surface area contributed by atoms with Gasteiger partial charge in [-0.2, -0.15) is 5.10 Å². The van der Waals surface area contributed by atoms with Gasteiger partial charge in [0.2, 0.25) is 0 Å². The van der Waals surface area contributed by atoms with E-state index in [1.165, 1.54) is 12.3 Å². The predicted molar refractivity (Wildman–Crippen MR) is 112 cm³/mol. The lowest BCUT2D eigenvalue weighted by Gasteiger charge is -2.10. The Bertz CT molecular complexity index is 1240. The topological polar surface area (TPSA) is 68.5 Å².